The first-order chi connectivity index (χ1) is 16.8. The van der Waals surface area contributed by atoms with E-state index in [-0.39, 0.29) is 19.1 Å². The third-order valence-corrected chi connectivity index (χ3v) is 6.44. The molecule has 0 radical (unpaired) electrons. The van der Waals surface area contributed by atoms with Crippen molar-refractivity contribution in [3.05, 3.63) is 42.3 Å². The van der Waals surface area contributed by atoms with Crippen LogP contribution < -0.4 is 15.5 Å². The number of ether oxygens (including phenoxy) is 2. The van der Waals surface area contributed by atoms with Gasteiger partial charge in [-0.05, 0) is 37.3 Å². The van der Waals surface area contributed by atoms with Gasteiger partial charge in [-0.25, -0.2) is 14.2 Å². The summed E-state index contributed by atoms with van der Waals surface area (Å²) in [6.45, 7) is 4.84. The highest BCUT2D eigenvalue weighted by Crippen LogP contribution is 2.30. The van der Waals surface area contributed by atoms with Crippen LogP contribution in [0.3, 0.4) is 0 Å². The third kappa shape index (κ3) is 5.35. The molecule has 186 valence electrons. The van der Waals surface area contributed by atoms with Gasteiger partial charge in [-0.3, -0.25) is 19.4 Å². The van der Waals surface area contributed by atoms with Crippen molar-refractivity contribution in [1.82, 2.24) is 9.88 Å². The van der Waals surface area contributed by atoms with E-state index in [0.29, 0.717) is 43.0 Å². The van der Waals surface area contributed by atoms with Crippen molar-refractivity contribution in [2.45, 2.75) is 13.0 Å². The number of hydrogen-bond donors (Lipinski definition) is 1. The highest BCUT2D eigenvalue weighted by atomic mass is 19.1. The monoisotopic (exact) mass is 485 g/mol. The number of amides is 2. The second kappa shape index (κ2) is 10.3. The van der Waals surface area contributed by atoms with Gasteiger partial charge < -0.3 is 20.1 Å². The van der Waals surface area contributed by atoms with Crippen molar-refractivity contribution >= 4 is 29.5 Å². The van der Waals surface area contributed by atoms with Gasteiger partial charge in [0.15, 0.2) is 0 Å². The zero-order chi connectivity index (χ0) is 25.1. The van der Waals surface area contributed by atoms with Crippen LogP contribution in [0.1, 0.15) is 6.92 Å². The first kappa shape index (κ1) is 24.4. The van der Waals surface area contributed by atoms with Crippen LogP contribution in [-0.4, -0.2) is 80.3 Å². The van der Waals surface area contributed by atoms with E-state index in [1.807, 2.05) is 11.0 Å². The molecule has 1 aromatic heterocycles. The van der Waals surface area contributed by atoms with Gasteiger partial charge in [-0.2, -0.15) is 0 Å². The quantitative estimate of drug-likeness (QED) is 0.588. The Kier molecular flexibility index (Phi) is 7.15. The van der Waals surface area contributed by atoms with E-state index in [9.17, 15) is 18.8 Å². The summed E-state index contributed by atoms with van der Waals surface area (Å²) in [6.07, 6.45) is 0.290. The summed E-state index contributed by atoms with van der Waals surface area (Å²) in [5, 5.41) is 0. The maximum Gasteiger partial charge on any atom is 0.414 e. The van der Waals surface area contributed by atoms with Gasteiger partial charge in [-0.1, -0.05) is 0 Å². The molecule has 0 aliphatic carbocycles. The molecule has 3 heterocycles. The topological polar surface area (TPSA) is 118 Å². The molecule has 2 atom stereocenters. The average molecular weight is 486 g/mol. The summed E-state index contributed by atoms with van der Waals surface area (Å²) in [6, 6.07) is 8.13. The number of rotatable bonds is 7. The van der Waals surface area contributed by atoms with Crippen molar-refractivity contribution < 1.29 is 28.2 Å². The highest BCUT2D eigenvalue weighted by molar-refractivity contribution is 5.91. The molecule has 0 saturated carbocycles. The number of anilines is 2. The summed E-state index contributed by atoms with van der Waals surface area (Å²) < 4.78 is 24.9. The van der Waals surface area contributed by atoms with Gasteiger partial charge in [0, 0.05) is 43.5 Å². The Bertz CT molecular complexity index is 1100. The Morgan fingerprint density at radius 1 is 1.23 bits per heavy atom. The minimum absolute atomic E-state index is 0.116. The zero-order valence-electron chi connectivity index (χ0n) is 19.6. The number of nitrogens with zero attached hydrogens (tertiary/aromatic N) is 4. The molecule has 2 N–H and O–H groups in total. The molecule has 10 nitrogen and oxygen atoms in total. The molecule has 0 bridgehead atoms. The lowest BCUT2D eigenvalue weighted by Gasteiger charge is -2.34. The summed E-state index contributed by atoms with van der Waals surface area (Å²) in [5.41, 5.74) is 6.60. The van der Waals surface area contributed by atoms with E-state index in [2.05, 4.69) is 9.88 Å². The van der Waals surface area contributed by atoms with E-state index in [0.717, 1.165) is 5.82 Å². The molecule has 2 amide bonds. The second-order valence-corrected chi connectivity index (χ2v) is 8.63. The normalized spacial score (nSPS) is 19.4. The standard InChI is InChI=1S/C24H28FN5O5/c1-15(23(26)32)20-13-30(24(33)35-20)17-4-5-18(19(25)11-17)16-3-6-21(27-12-16)29-9-7-28(8-10-29)14-22(31)34-2/h3-6,11-12,15,20H,7-10,13-14H2,1-2H3,(H2,26,32)/t15-,20?/m0/s1. The number of halogens is 1. The minimum atomic E-state index is -0.679. The number of nitrogens with two attached hydrogens (primary N) is 1. The number of piperazine rings is 1. The predicted molar refractivity (Wildman–Crippen MR) is 126 cm³/mol. The van der Waals surface area contributed by atoms with Crippen molar-refractivity contribution in [3.63, 3.8) is 0 Å². The molecule has 4 rings (SSSR count). The number of hydrogen-bond acceptors (Lipinski definition) is 8. The lowest BCUT2D eigenvalue weighted by molar-refractivity contribution is -0.142. The predicted octanol–water partition coefficient (Wildman–Crippen LogP) is 1.63. The molecule has 2 saturated heterocycles. The van der Waals surface area contributed by atoms with Crippen LogP contribution in [0, 0.1) is 11.7 Å². The average Bonchev–Trinajstić information content (AvgIpc) is 3.25. The van der Waals surface area contributed by atoms with Gasteiger partial charge in [0.2, 0.25) is 5.91 Å². The van der Waals surface area contributed by atoms with Crippen LogP contribution >= 0.6 is 0 Å². The smallest absolute Gasteiger partial charge is 0.414 e. The fourth-order valence-corrected chi connectivity index (χ4v) is 4.16. The molecular weight excluding hydrogens is 457 g/mol. The second-order valence-electron chi connectivity index (χ2n) is 8.63. The molecule has 1 unspecified atom stereocenters. The number of cyclic esters (lactones) is 1. The van der Waals surface area contributed by atoms with E-state index in [1.165, 1.54) is 18.1 Å². The van der Waals surface area contributed by atoms with Crippen molar-refractivity contribution in [3.8, 4) is 11.1 Å². The van der Waals surface area contributed by atoms with Crippen LogP contribution in [0.5, 0.6) is 0 Å². The lowest BCUT2D eigenvalue weighted by atomic mass is 10.0. The van der Waals surface area contributed by atoms with E-state index >= 15 is 0 Å². The number of primary amides is 1. The maximum atomic E-state index is 15.0. The summed E-state index contributed by atoms with van der Waals surface area (Å²) in [4.78, 5) is 45.0. The third-order valence-electron chi connectivity index (χ3n) is 6.44. The maximum absolute atomic E-state index is 15.0. The Morgan fingerprint density at radius 2 is 1.97 bits per heavy atom. The first-order valence-electron chi connectivity index (χ1n) is 11.3. The van der Waals surface area contributed by atoms with E-state index in [4.69, 9.17) is 15.2 Å². The fraction of sp³-hybridized carbons (Fsp3) is 0.417. The fourth-order valence-electron chi connectivity index (χ4n) is 4.16. The highest BCUT2D eigenvalue weighted by Gasteiger charge is 2.38. The van der Waals surface area contributed by atoms with Crippen LogP contribution in [0.25, 0.3) is 11.1 Å². The summed E-state index contributed by atoms with van der Waals surface area (Å²) in [7, 11) is 1.38. The van der Waals surface area contributed by atoms with Gasteiger partial charge in [0.25, 0.3) is 0 Å². The number of esters is 1. The molecule has 11 heteroatoms. The number of aromatic nitrogens is 1. The molecular formula is C24H28FN5O5. The Balaban J connectivity index is 1.41. The van der Waals surface area contributed by atoms with E-state index < -0.39 is 29.8 Å². The number of carbonyl (C=O) groups excluding carboxylic acids is 3. The largest absolute Gasteiger partial charge is 0.468 e. The van der Waals surface area contributed by atoms with Gasteiger partial charge in [-0.15, -0.1) is 0 Å². The van der Waals surface area contributed by atoms with Gasteiger partial charge in [0.05, 0.1) is 31.8 Å². The summed E-state index contributed by atoms with van der Waals surface area (Å²) >= 11 is 0. The molecule has 1 aromatic carbocycles. The minimum Gasteiger partial charge on any atom is -0.468 e. The number of methoxy groups -OCH3 is 1. The Hall–Kier alpha value is -3.73. The van der Waals surface area contributed by atoms with Gasteiger partial charge in [0.1, 0.15) is 17.7 Å². The molecule has 2 aliphatic heterocycles. The number of pyridine rings is 1. The Morgan fingerprint density at radius 3 is 2.57 bits per heavy atom. The molecule has 2 fully saturated rings. The SMILES string of the molecule is COC(=O)CN1CCN(c2ccc(-c3ccc(N4CC([C@H](C)C(N)=O)OC4=O)cc3F)cn2)CC1. The van der Waals surface area contributed by atoms with Crippen molar-refractivity contribution in [1.29, 1.82) is 0 Å². The first-order valence-corrected chi connectivity index (χ1v) is 11.3. The Labute approximate surface area is 202 Å². The van der Waals surface area contributed by atoms with E-state index in [1.54, 1.807) is 31.3 Å². The summed E-state index contributed by atoms with van der Waals surface area (Å²) in [5.74, 6) is -1.19. The van der Waals surface area contributed by atoms with Crippen molar-refractivity contribution in [2.75, 3.05) is 56.2 Å². The molecule has 35 heavy (non-hydrogen) atoms. The molecule has 0 spiro atoms. The number of carbonyl (C=O) groups is 3. The molecule has 2 aromatic rings. The van der Waals surface area contributed by atoms with Gasteiger partial charge >= 0.3 is 12.1 Å². The lowest BCUT2D eigenvalue weighted by Crippen LogP contribution is -2.48. The molecule has 2 aliphatic rings. The van der Waals surface area contributed by atoms with Crippen LogP contribution in [0.4, 0.5) is 20.7 Å². The zero-order valence-corrected chi connectivity index (χ0v) is 19.6. The van der Waals surface area contributed by atoms with Crippen LogP contribution in [0.2, 0.25) is 0 Å². The number of benzene rings is 1. The van der Waals surface area contributed by atoms with Crippen LogP contribution in [-0.2, 0) is 19.1 Å². The van der Waals surface area contributed by atoms with Crippen molar-refractivity contribution in [2.24, 2.45) is 11.7 Å². The van der Waals surface area contributed by atoms with Crippen LogP contribution in [0.15, 0.2) is 36.5 Å².